The molecule has 1 heterocycles. The maximum Gasteiger partial charge on any atom is 0.170 e. The summed E-state index contributed by atoms with van der Waals surface area (Å²) in [4.78, 5) is 4.54. The molecule has 5 rings (SSSR count). The van der Waals surface area contributed by atoms with E-state index in [4.69, 9.17) is 23.8 Å². The molecule has 1 fully saturated rings. The predicted molar refractivity (Wildman–Crippen MR) is 147 cm³/mol. The summed E-state index contributed by atoms with van der Waals surface area (Å²) in [5.74, 6) is 0.785. The molecule has 0 bridgehead atoms. The summed E-state index contributed by atoms with van der Waals surface area (Å²) in [5.41, 5.74) is 3.29. The topological polar surface area (TPSA) is 49.0 Å². The van der Waals surface area contributed by atoms with Gasteiger partial charge >= 0.3 is 0 Å². The smallest absolute Gasteiger partial charge is 0.170 e. The minimum absolute atomic E-state index is 0.0994. The molecule has 0 radical (unpaired) electrons. The quantitative estimate of drug-likeness (QED) is 0.247. The van der Waals surface area contributed by atoms with Gasteiger partial charge in [0.05, 0.1) is 11.9 Å². The van der Waals surface area contributed by atoms with E-state index in [-0.39, 0.29) is 5.41 Å². The van der Waals surface area contributed by atoms with E-state index in [1.54, 1.807) is 6.20 Å². The Morgan fingerprint density at radius 2 is 1.62 bits per heavy atom. The molecule has 6 heteroatoms. The van der Waals surface area contributed by atoms with Crippen LogP contribution in [0.15, 0.2) is 85.1 Å². The number of hydrogen-bond donors (Lipinski definition) is 3. The number of thiocarbonyl (C=S) groups is 1. The van der Waals surface area contributed by atoms with E-state index in [2.05, 4.69) is 63.4 Å². The molecule has 1 aliphatic rings. The van der Waals surface area contributed by atoms with Crippen LogP contribution in [-0.2, 0) is 5.41 Å². The summed E-state index contributed by atoms with van der Waals surface area (Å²) >= 11 is 11.7. The van der Waals surface area contributed by atoms with Crippen molar-refractivity contribution in [1.29, 1.82) is 0 Å². The summed E-state index contributed by atoms with van der Waals surface area (Å²) < 4.78 is 0. The van der Waals surface area contributed by atoms with Crippen LogP contribution in [0.25, 0.3) is 10.8 Å². The number of nitrogens with zero attached hydrogens (tertiary/aromatic N) is 1. The van der Waals surface area contributed by atoms with Crippen LogP contribution in [0.4, 0.5) is 17.2 Å². The lowest BCUT2D eigenvalue weighted by Crippen LogP contribution is -2.40. The predicted octanol–water partition coefficient (Wildman–Crippen LogP) is 7.43. The van der Waals surface area contributed by atoms with E-state index in [1.807, 2.05) is 36.4 Å². The number of fused-ring (bicyclic) bond motifs is 1. The number of aromatic nitrogens is 1. The van der Waals surface area contributed by atoms with Crippen LogP contribution in [0.2, 0.25) is 5.02 Å². The van der Waals surface area contributed by atoms with Gasteiger partial charge < -0.3 is 16.0 Å². The molecule has 1 saturated carbocycles. The molecule has 0 unspecified atom stereocenters. The fraction of sp³-hybridized carbons (Fsp3) is 0.214. The van der Waals surface area contributed by atoms with Crippen molar-refractivity contribution < 1.29 is 0 Å². The van der Waals surface area contributed by atoms with E-state index in [0.29, 0.717) is 5.11 Å². The zero-order chi connectivity index (χ0) is 23.4. The van der Waals surface area contributed by atoms with Crippen LogP contribution in [0.3, 0.4) is 0 Å². The molecule has 0 saturated heterocycles. The zero-order valence-corrected chi connectivity index (χ0v) is 20.4. The largest absolute Gasteiger partial charge is 0.362 e. The zero-order valence-electron chi connectivity index (χ0n) is 18.9. The third kappa shape index (κ3) is 5.16. The van der Waals surface area contributed by atoms with Gasteiger partial charge in [-0.25, -0.2) is 4.98 Å². The minimum atomic E-state index is 0.0994. The number of hydrogen-bond acceptors (Lipinski definition) is 3. The number of nitrogens with one attached hydrogen (secondary N) is 3. The van der Waals surface area contributed by atoms with Crippen LogP contribution in [0, 0.1) is 0 Å². The molecule has 4 nitrogen and oxygen atoms in total. The molecule has 1 aliphatic carbocycles. The van der Waals surface area contributed by atoms with E-state index in [1.165, 1.54) is 29.2 Å². The summed E-state index contributed by atoms with van der Waals surface area (Å²) in [6.45, 7) is 0.801. The molecule has 0 aliphatic heterocycles. The van der Waals surface area contributed by atoms with Crippen LogP contribution in [0.1, 0.15) is 31.2 Å². The Bertz CT molecular complexity index is 1280. The van der Waals surface area contributed by atoms with Crippen LogP contribution >= 0.6 is 23.8 Å². The van der Waals surface area contributed by atoms with Gasteiger partial charge in [0.1, 0.15) is 5.82 Å². The summed E-state index contributed by atoms with van der Waals surface area (Å²) in [7, 11) is 0. The second kappa shape index (κ2) is 10.00. The Kier molecular flexibility index (Phi) is 6.66. The molecule has 1 aromatic heterocycles. The van der Waals surface area contributed by atoms with Gasteiger partial charge in [0.25, 0.3) is 0 Å². The second-order valence-corrected chi connectivity index (χ2v) is 9.77. The fourth-order valence-electron chi connectivity index (χ4n) is 4.80. The Morgan fingerprint density at radius 1 is 0.882 bits per heavy atom. The minimum Gasteiger partial charge on any atom is -0.362 e. The van der Waals surface area contributed by atoms with Crippen LogP contribution in [0.5, 0.6) is 0 Å². The summed E-state index contributed by atoms with van der Waals surface area (Å²) in [6, 6.07) is 26.8. The highest BCUT2D eigenvalue weighted by Gasteiger charge is 2.35. The van der Waals surface area contributed by atoms with Crippen molar-refractivity contribution in [3.8, 4) is 0 Å². The molecule has 3 aromatic carbocycles. The standard InChI is InChI=1S/C28H27ClN4S/c29-23-10-8-22(9-11-23)28(15-3-4-16-28)19-31-27(34)33-25-13-14-26(30-18-25)32-24-12-7-20-5-1-2-6-21(20)17-24/h1-2,5-14,17-18H,3-4,15-16,19H2,(H,30,32)(H2,31,33,34). The van der Waals surface area contributed by atoms with Gasteiger partial charge in [-0.3, -0.25) is 0 Å². The normalized spacial score (nSPS) is 14.6. The van der Waals surface area contributed by atoms with E-state index in [0.717, 1.165) is 41.6 Å². The Balaban J connectivity index is 1.19. The monoisotopic (exact) mass is 486 g/mol. The summed E-state index contributed by atoms with van der Waals surface area (Å²) in [6.07, 6.45) is 6.57. The first-order chi connectivity index (χ1) is 16.6. The molecule has 172 valence electrons. The maximum atomic E-state index is 6.10. The molecule has 0 amide bonds. The number of halogens is 1. The van der Waals surface area contributed by atoms with Gasteiger partial charge in [0.15, 0.2) is 5.11 Å². The average Bonchev–Trinajstić information content (AvgIpc) is 3.35. The first-order valence-electron chi connectivity index (χ1n) is 11.6. The Morgan fingerprint density at radius 3 is 2.35 bits per heavy atom. The average molecular weight is 487 g/mol. The molecular formula is C28H27ClN4S. The Labute approximate surface area is 210 Å². The third-order valence-corrected chi connectivity index (χ3v) is 7.15. The first kappa shape index (κ1) is 22.6. The van der Waals surface area contributed by atoms with Crippen molar-refractivity contribution in [3.05, 3.63) is 95.6 Å². The second-order valence-electron chi connectivity index (χ2n) is 8.92. The molecule has 34 heavy (non-hydrogen) atoms. The van der Waals surface area contributed by atoms with Crippen LogP contribution in [-0.4, -0.2) is 16.6 Å². The van der Waals surface area contributed by atoms with Gasteiger partial charge in [-0.15, -0.1) is 0 Å². The lowest BCUT2D eigenvalue weighted by Gasteiger charge is -2.30. The van der Waals surface area contributed by atoms with Gasteiger partial charge in [-0.1, -0.05) is 66.9 Å². The molecule has 3 N–H and O–H groups in total. The van der Waals surface area contributed by atoms with Gasteiger partial charge in [-0.2, -0.15) is 0 Å². The van der Waals surface area contributed by atoms with Crippen molar-refractivity contribution in [2.75, 3.05) is 17.2 Å². The van der Waals surface area contributed by atoms with Gasteiger partial charge in [0, 0.05) is 22.7 Å². The van der Waals surface area contributed by atoms with E-state index >= 15 is 0 Å². The number of pyridine rings is 1. The Hall–Kier alpha value is -3.15. The van der Waals surface area contributed by atoms with E-state index in [9.17, 15) is 0 Å². The van der Waals surface area contributed by atoms with Crippen molar-refractivity contribution in [2.24, 2.45) is 0 Å². The van der Waals surface area contributed by atoms with Crippen molar-refractivity contribution in [1.82, 2.24) is 10.3 Å². The highest BCUT2D eigenvalue weighted by Crippen LogP contribution is 2.41. The SMILES string of the molecule is S=C(NCC1(c2ccc(Cl)cc2)CCCC1)Nc1ccc(Nc2ccc3ccccc3c2)nc1. The first-order valence-corrected chi connectivity index (χ1v) is 12.4. The van der Waals surface area contributed by atoms with Crippen molar-refractivity contribution in [2.45, 2.75) is 31.1 Å². The highest BCUT2D eigenvalue weighted by atomic mass is 35.5. The lowest BCUT2D eigenvalue weighted by atomic mass is 9.79. The molecule has 4 aromatic rings. The third-order valence-electron chi connectivity index (χ3n) is 6.65. The number of rotatable bonds is 6. The van der Waals surface area contributed by atoms with Crippen molar-refractivity contribution >= 4 is 56.9 Å². The molecule has 0 spiro atoms. The fourth-order valence-corrected chi connectivity index (χ4v) is 5.12. The maximum absolute atomic E-state index is 6.10. The molecular weight excluding hydrogens is 460 g/mol. The van der Waals surface area contributed by atoms with Gasteiger partial charge in [-0.05, 0) is 77.8 Å². The van der Waals surface area contributed by atoms with Crippen LogP contribution < -0.4 is 16.0 Å². The molecule has 0 atom stereocenters. The van der Waals surface area contributed by atoms with E-state index < -0.39 is 0 Å². The lowest BCUT2D eigenvalue weighted by molar-refractivity contribution is 0.435. The number of anilines is 3. The highest BCUT2D eigenvalue weighted by molar-refractivity contribution is 7.80. The van der Waals surface area contributed by atoms with Crippen molar-refractivity contribution in [3.63, 3.8) is 0 Å². The summed E-state index contributed by atoms with van der Waals surface area (Å²) in [5, 5.41) is 13.9. The van der Waals surface area contributed by atoms with Gasteiger partial charge in [0.2, 0.25) is 0 Å². The number of benzene rings is 3.